The Kier molecular flexibility index (Phi) is 2.37. The Hall–Kier alpha value is -1.17. The van der Waals surface area contributed by atoms with Gasteiger partial charge in [-0.3, -0.25) is 0 Å². The standard InChI is InChI=1S/C9H9FO4/c10-8-5(9(11)12)1-2-7-6(8)3-13-4-14-7/h1-2,9,11-12H,3-4H2. The van der Waals surface area contributed by atoms with Crippen LogP contribution in [-0.4, -0.2) is 17.0 Å². The average Bonchev–Trinajstić information content (AvgIpc) is 2.18. The summed E-state index contributed by atoms with van der Waals surface area (Å²) >= 11 is 0. The van der Waals surface area contributed by atoms with E-state index in [1.807, 2.05) is 0 Å². The van der Waals surface area contributed by atoms with Crippen LogP contribution in [0.25, 0.3) is 0 Å². The second kappa shape index (κ2) is 3.53. The van der Waals surface area contributed by atoms with Crippen molar-refractivity contribution in [2.75, 3.05) is 6.79 Å². The minimum atomic E-state index is -1.82. The number of ether oxygens (including phenoxy) is 2. The molecule has 0 bridgehead atoms. The number of halogens is 1. The molecule has 1 aliphatic heterocycles. The Morgan fingerprint density at radius 3 is 2.86 bits per heavy atom. The van der Waals surface area contributed by atoms with Crippen LogP contribution in [0.15, 0.2) is 12.1 Å². The Bertz CT molecular complexity index is 351. The molecule has 4 nitrogen and oxygen atoms in total. The van der Waals surface area contributed by atoms with E-state index in [4.69, 9.17) is 19.7 Å². The van der Waals surface area contributed by atoms with Crippen LogP contribution in [0.4, 0.5) is 4.39 Å². The van der Waals surface area contributed by atoms with Gasteiger partial charge in [0.05, 0.1) is 12.2 Å². The SMILES string of the molecule is OC(O)c1ccc2c(c1F)COCO2. The molecule has 2 rings (SSSR count). The minimum absolute atomic E-state index is 0.0850. The minimum Gasteiger partial charge on any atom is -0.467 e. The van der Waals surface area contributed by atoms with Crippen molar-refractivity contribution in [3.05, 3.63) is 29.1 Å². The maximum atomic E-state index is 13.5. The maximum absolute atomic E-state index is 13.5. The van der Waals surface area contributed by atoms with Gasteiger partial charge in [-0.1, -0.05) is 0 Å². The molecule has 2 N–H and O–H groups in total. The molecule has 0 saturated carbocycles. The van der Waals surface area contributed by atoms with E-state index in [1.54, 1.807) is 0 Å². The molecule has 0 fully saturated rings. The molecule has 0 aromatic heterocycles. The van der Waals surface area contributed by atoms with Crippen LogP contribution in [0.3, 0.4) is 0 Å². The van der Waals surface area contributed by atoms with Gasteiger partial charge in [-0.05, 0) is 12.1 Å². The lowest BCUT2D eigenvalue weighted by Crippen LogP contribution is -2.14. The lowest BCUT2D eigenvalue weighted by molar-refractivity contribution is -0.0468. The molecule has 0 saturated heterocycles. The first-order chi connectivity index (χ1) is 6.70. The highest BCUT2D eigenvalue weighted by Gasteiger charge is 2.20. The van der Waals surface area contributed by atoms with E-state index < -0.39 is 12.1 Å². The number of aliphatic hydroxyl groups excluding tert-OH is 1. The molecule has 0 unspecified atom stereocenters. The second-order valence-corrected chi connectivity index (χ2v) is 2.93. The molecule has 0 spiro atoms. The fraction of sp³-hybridized carbons (Fsp3) is 0.333. The van der Waals surface area contributed by atoms with Gasteiger partial charge in [0.25, 0.3) is 0 Å². The first-order valence-electron chi connectivity index (χ1n) is 4.08. The van der Waals surface area contributed by atoms with Gasteiger partial charge in [0.2, 0.25) is 0 Å². The zero-order chi connectivity index (χ0) is 10.1. The Labute approximate surface area is 79.5 Å². The van der Waals surface area contributed by atoms with Crippen molar-refractivity contribution >= 4 is 0 Å². The Balaban J connectivity index is 2.49. The van der Waals surface area contributed by atoms with Crippen LogP contribution in [0.5, 0.6) is 5.75 Å². The third-order valence-electron chi connectivity index (χ3n) is 2.05. The van der Waals surface area contributed by atoms with E-state index in [-0.39, 0.29) is 24.5 Å². The summed E-state index contributed by atoms with van der Waals surface area (Å²) in [6, 6.07) is 2.78. The largest absolute Gasteiger partial charge is 0.467 e. The molecule has 1 aromatic carbocycles. The summed E-state index contributed by atoms with van der Waals surface area (Å²) in [5, 5.41) is 17.7. The van der Waals surface area contributed by atoms with Crippen molar-refractivity contribution in [1.82, 2.24) is 0 Å². The summed E-state index contributed by atoms with van der Waals surface area (Å²) in [6.07, 6.45) is -1.82. The van der Waals surface area contributed by atoms with E-state index in [9.17, 15) is 4.39 Å². The van der Waals surface area contributed by atoms with Crippen LogP contribution in [-0.2, 0) is 11.3 Å². The third kappa shape index (κ3) is 1.45. The zero-order valence-corrected chi connectivity index (χ0v) is 7.24. The molecule has 0 amide bonds. The van der Waals surface area contributed by atoms with Crippen molar-refractivity contribution in [1.29, 1.82) is 0 Å². The fourth-order valence-electron chi connectivity index (χ4n) is 1.34. The molecule has 14 heavy (non-hydrogen) atoms. The van der Waals surface area contributed by atoms with Crippen LogP contribution in [0.2, 0.25) is 0 Å². The molecule has 76 valence electrons. The monoisotopic (exact) mass is 200 g/mol. The van der Waals surface area contributed by atoms with Crippen LogP contribution >= 0.6 is 0 Å². The molecule has 0 atom stereocenters. The zero-order valence-electron chi connectivity index (χ0n) is 7.24. The Morgan fingerprint density at radius 2 is 2.14 bits per heavy atom. The summed E-state index contributed by atoms with van der Waals surface area (Å²) < 4.78 is 23.4. The second-order valence-electron chi connectivity index (χ2n) is 2.93. The van der Waals surface area contributed by atoms with Crippen molar-refractivity contribution in [2.24, 2.45) is 0 Å². The molecule has 0 aliphatic carbocycles. The van der Waals surface area contributed by atoms with Crippen LogP contribution < -0.4 is 4.74 Å². The highest BCUT2D eigenvalue weighted by molar-refractivity contribution is 5.39. The Morgan fingerprint density at radius 1 is 1.36 bits per heavy atom. The van der Waals surface area contributed by atoms with Crippen molar-refractivity contribution < 1.29 is 24.1 Å². The van der Waals surface area contributed by atoms with Crippen molar-refractivity contribution in [2.45, 2.75) is 12.9 Å². The van der Waals surface area contributed by atoms with Gasteiger partial charge in [-0.15, -0.1) is 0 Å². The number of fused-ring (bicyclic) bond motifs is 1. The van der Waals surface area contributed by atoms with Gasteiger partial charge in [0.1, 0.15) is 11.6 Å². The molecule has 1 heterocycles. The summed E-state index contributed by atoms with van der Waals surface area (Å²) in [7, 11) is 0. The molecule has 0 radical (unpaired) electrons. The van der Waals surface area contributed by atoms with E-state index in [1.165, 1.54) is 12.1 Å². The first kappa shape index (κ1) is 9.39. The van der Waals surface area contributed by atoms with Crippen LogP contribution in [0.1, 0.15) is 17.4 Å². The van der Waals surface area contributed by atoms with Gasteiger partial charge < -0.3 is 19.7 Å². The predicted molar refractivity (Wildman–Crippen MR) is 43.9 cm³/mol. The lowest BCUT2D eigenvalue weighted by Gasteiger charge is -2.19. The molecule has 1 aromatic rings. The quantitative estimate of drug-likeness (QED) is 0.654. The topological polar surface area (TPSA) is 58.9 Å². The molecular formula is C9H9FO4. The van der Waals surface area contributed by atoms with Gasteiger partial charge >= 0.3 is 0 Å². The average molecular weight is 200 g/mol. The normalized spacial score (nSPS) is 15.1. The smallest absolute Gasteiger partial charge is 0.189 e. The maximum Gasteiger partial charge on any atom is 0.189 e. The van der Waals surface area contributed by atoms with E-state index >= 15 is 0 Å². The van der Waals surface area contributed by atoms with Crippen molar-refractivity contribution in [3.8, 4) is 5.75 Å². The van der Waals surface area contributed by atoms with Gasteiger partial charge in [-0.2, -0.15) is 0 Å². The number of aliphatic hydroxyl groups is 2. The number of hydrogen-bond acceptors (Lipinski definition) is 4. The summed E-state index contributed by atoms with van der Waals surface area (Å²) in [5.41, 5.74) is 0.0553. The predicted octanol–water partition coefficient (Wildman–Crippen LogP) is 0.675. The van der Waals surface area contributed by atoms with E-state index in [2.05, 4.69) is 0 Å². The molecule has 5 heteroatoms. The van der Waals surface area contributed by atoms with Gasteiger partial charge in [-0.25, -0.2) is 4.39 Å². The highest BCUT2D eigenvalue weighted by atomic mass is 19.1. The highest BCUT2D eigenvalue weighted by Crippen LogP contribution is 2.29. The number of hydrogen-bond donors (Lipinski definition) is 2. The number of rotatable bonds is 1. The summed E-state index contributed by atoms with van der Waals surface area (Å²) in [6.45, 7) is 0.176. The van der Waals surface area contributed by atoms with Gasteiger partial charge in [0.15, 0.2) is 13.1 Å². The van der Waals surface area contributed by atoms with E-state index in [0.29, 0.717) is 5.75 Å². The lowest BCUT2D eigenvalue weighted by atomic mass is 10.1. The van der Waals surface area contributed by atoms with Gasteiger partial charge in [0, 0.05) is 5.56 Å². The molecular weight excluding hydrogens is 191 g/mol. The third-order valence-corrected chi connectivity index (χ3v) is 2.05. The van der Waals surface area contributed by atoms with Crippen LogP contribution in [0, 0.1) is 5.82 Å². The van der Waals surface area contributed by atoms with E-state index in [0.717, 1.165) is 0 Å². The first-order valence-corrected chi connectivity index (χ1v) is 4.08. The molecule has 1 aliphatic rings. The number of benzene rings is 1. The summed E-state index contributed by atoms with van der Waals surface area (Å²) in [4.78, 5) is 0. The summed E-state index contributed by atoms with van der Waals surface area (Å²) in [5.74, 6) is -0.296. The van der Waals surface area contributed by atoms with Crippen molar-refractivity contribution in [3.63, 3.8) is 0 Å². The fourth-order valence-corrected chi connectivity index (χ4v) is 1.34.